The van der Waals surface area contributed by atoms with Gasteiger partial charge in [0.15, 0.2) is 0 Å². The topological polar surface area (TPSA) is 67.0 Å². The predicted octanol–water partition coefficient (Wildman–Crippen LogP) is 7.63. The van der Waals surface area contributed by atoms with Crippen LogP contribution in [0.3, 0.4) is 0 Å². The van der Waals surface area contributed by atoms with Crippen LogP contribution in [0.15, 0.2) is 88.9 Å². The Hall–Kier alpha value is -3.79. The summed E-state index contributed by atoms with van der Waals surface area (Å²) in [5.74, 6) is 0.276. The minimum atomic E-state index is -0.458. The van der Waals surface area contributed by atoms with E-state index in [4.69, 9.17) is 16.3 Å². The molecule has 4 rings (SSSR count). The van der Waals surface area contributed by atoms with E-state index in [0.717, 1.165) is 38.4 Å². The minimum Gasteiger partial charge on any atom is -0.489 e. The van der Waals surface area contributed by atoms with Gasteiger partial charge < -0.3 is 14.6 Å². The van der Waals surface area contributed by atoms with Gasteiger partial charge in [-0.25, -0.2) is 0 Å². The second-order valence-electron chi connectivity index (χ2n) is 8.17. The van der Waals surface area contributed by atoms with Crippen molar-refractivity contribution in [2.45, 2.75) is 20.5 Å². The zero-order valence-electron chi connectivity index (χ0n) is 19.8. The van der Waals surface area contributed by atoms with Gasteiger partial charge in [-0.1, -0.05) is 51.8 Å². The van der Waals surface area contributed by atoms with Crippen molar-refractivity contribution in [1.29, 1.82) is 5.26 Å². The zero-order valence-corrected chi connectivity index (χ0v) is 22.1. The number of hydrogen-bond donors (Lipinski definition) is 1. The highest BCUT2D eigenvalue weighted by molar-refractivity contribution is 9.10. The lowest BCUT2D eigenvalue weighted by atomic mass is 10.1. The van der Waals surface area contributed by atoms with E-state index in [9.17, 15) is 10.1 Å². The lowest BCUT2D eigenvalue weighted by Gasteiger charge is -2.12. The molecule has 5 nitrogen and oxygen atoms in total. The highest BCUT2D eigenvalue weighted by Crippen LogP contribution is 2.26. The van der Waals surface area contributed by atoms with E-state index in [0.29, 0.717) is 17.3 Å². The SMILES string of the molecule is Cc1cc(/C=C(/C#N)C(=O)Nc2cccc(Br)c2)c(C)n1-c1ccc(OCc2ccccc2Cl)cc1. The van der Waals surface area contributed by atoms with Crippen molar-refractivity contribution >= 4 is 45.2 Å². The van der Waals surface area contributed by atoms with E-state index in [1.54, 1.807) is 18.2 Å². The Balaban J connectivity index is 1.52. The molecule has 0 saturated heterocycles. The predicted molar refractivity (Wildman–Crippen MR) is 147 cm³/mol. The first-order chi connectivity index (χ1) is 17.4. The van der Waals surface area contributed by atoms with Crippen molar-refractivity contribution in [2.75, 3.05) is 5.32 Å². The van der Waals surface area contributed by atoms with Crippen molar-refractivity contribution < 1.29 is 9.53 Å². The molecule has 1 N–H and O–H groups in total. The molecule has 0 spiro atoms. The van der Waals surface area contributed by atoms with Crippen molar-refractivity contribution in [1.82, 2.24) is 4.57 Å². The summed E-state index contributed by atoms with van der Waals surface area (Å²) in [7, 11) is 0. The third kappa shape index (κ3) is 5.88. The van der Waals surface area contributed by atoms with Crippen LogP contribution in [0.1, 0.15) is 22.5 Å². The molecule has 36 heavy (non-hydrogen) atoms. The monoisotopic (exact) mass is 559 g/mol. The maximum atomic E-state index is 12.7. The van der Waals surface area contributed by atoms with Crippen LogP contribution in [0.5, 0.6) is 5.75 Å². The first-order valence-electron chi connectivity index (χ1n) is 11.2. The van der Waals surface area contributed by atoms with E-state index in [-0.39, 0.29) is 5.57 Å². The Morgan fingerprint density at radius 2 is 1.83 bits per heavy atom. The van der Waals surface area contributed by atoms with Crippen LogP contribution in [0.2, 0.25) is 5.02 Å². The Morgan fingerprint density at radius 3 is 2.53 bits per heavy atom. The van der Waals surface area contributed by atoms with Crippen LogP contribution in [0.25, 0.3) is 11.8 Å². The van der Waals surface area contributed by atoms with Crippen LogP contribution in [0, 0.1) is 25.2 Å². The number of nitriles is 1. The Bertz CT molecular complexity index is 1480. The normalized spacial score (nSPS) is 11.1. The maximum absolute atomic E-state index is 12.7. The second kappa shape index (κ2) is 11.3. The van der Waals surface area contributed by atoms with E-state index < -0.39 is 5.91 Å². The van der Waals surface area contributed by atoms with Gasteiger partial charge in [0.05, 0.1) is 0 Å². The van der Waals surface area contributed by atoms with Gasteiger partial charge in [0.25, 0.3) is 5.91 Å². The zero-order chi connectivity index (χ0) is 25.7. The second-order valence-corrected chi connectivity index (χ2v) is 9.49. The van der Waals surface area contributed by atoms with Crippen molar-refractivity contribution in [3.05, 3.63) is 116 Å². The molecule has 1 amide bonds. The highest BCUT2D eigenvalue weighted by atomic mass is 79.9. The molecule has 0 bridgehead atoms. The van der Waals surface area contributed by atoms with Gasteiger partial charge in [-0.05, 0) is 80.1 Å². The summed E-state index contributed by atoms with van der Waals surface area (Å²) >= 11 is 9.59. The number of carbonyl (C=O) groups excluding carboxylic acids is 1. The molecule has 0 atom stereocenters. The van der Waals surface area contributed by atoms with Gasteiger partial charge in [-0.3, -0.25) is 4.79 Å². The van der Waals surface area contributed by atoms with Crippen molar-refractivity contribution in [2.24, 2.45) is 0 Å². The van der Waals surface area contributed by atoms with Crippen molar-refractivity contribution in [3.63, 3.8) is 0 Å². The summed E-state index contributed by atoms with van der Waals surface area (Å²) in [5, 5.41) is 13.1. The van der Waals surface area contributed by atoms with Gasteiger partial charge >= 0.3 is 0 Å². The smallest absolute Gasteiger partial charge is 0.266 e. The molecule has 1 heterocycles. The van der Waals surface area contributed by atoms with Gasteiger partial charge in [-0.2, -0.15) is 5.26 Å². The van der Waals surface area contributed by atoms with Gasteiger partial charge in [0.2, 0.25) is 0 Å². The standard InChI is InChI=1S/C29H23BrClN3O2/c1-19-14-22(15-23(17-32)29(35)33-25-8-5-7-24(30)16-25)20(2)34(19)26-10-12-27(13-11-26)36-18-21-6-3-4-9-28(21)31/h3-16H,18H2,1-2H3,(H,33,35)/b23-15-. The van der Waals surface area contributed by atoms with Gasteiger partial charge in [0, 0.05) is 37.8 Å². The molecule has 0 saturated carbocycles. The average molecular weight is 561 g/mol. The third-order valence-electron chi connectivity index (χ3n) is 5.66. The van der Waals surface area contributed by atoms with Crippen LogP contribution in [-0.4, -0.2) is 10.5 Å². The Labute approximate surface area is 223 Å². The van der Waals surface area contributed by atoms with E-state index in [2.05, 4.69) is 25.8 Å². The van der Waals surface area contributed by atoms with Gasteiger partial charge in [0.1, 0.15) is 24.0 Å². The summed E-state index contributed by atoms with van der Waals surface area (Å²) in [6, 6.07) is 26.6. The molecule has 0 radical (unpaired) electrons. The number of rotatable bonds is 7. The molecular weight excluding hydrogens is 538 g/mol. The fourth-order valence-electron chi connectivity index (χ4n) is 3.87. The number of halogens is 2. The molecule has 4 aromatic rings. The lowest BCUT2D eigenvalue weighted by molar-refractivity contribution is -0.112. The summed E-state index contributed by atoms with van der Waals surface area (Å²) < 4.78 is 8.81. The summed E-state index contributed by atoms with van der Waals surface area (Å²) in [6.45, 7) is 4.33. The number of aromatic nitrogens is 1. The number of ether oxygens (including phenoxy) is 1. The number of nitrogens with one attached hydrogen (secondary N) is 1. The highest BCUT2D eigenvalue weighted by Gasteiger charge is 2.14. The quantitative estimate of drug-likeness (QED) is 0.187. The summed E-state index contributed by atoms with van der Waals surface area (Å²) in [5.41, 5.74) is 5.21. The molecule has 3 aromatic carbocycles. The fraction of sp³-hybridized carbons (Fsp3) is 0.103. The Morgan fingerprint density at radius 1 is 1.08 bits per heavy atom. The van der Waals surface area contributed by atoms with Gasteiger partial charge in [-0.15, -0.1) is 0 Å². The molecule has 0 aliphatic heterocycles. The molecule has 0 aliphatic rings. The third-order valence-corrected chi connectivity index (χ3v) is 6.53. The number of hydrogen-bond acceptors (Lipinski definition) is 3. The summed E-state index contributed by atoms with van der Waals surface area (Å²) in [4.78, 5) is 12.7. The van der Waals surface area contributed by atoms with E-state index in [1.807, 2.05) is 86.6 Å². The molecule has 180 valence electrons. The molecular formula is C29H23BrClN3O2. The fourth-order valence-corrected chi connectivity index (χ4v) is 4.46. The largest absolute Gasteiger partial charge is 0.489 e. The Kier molecular flexibility index (Phi) is 7.94. The number of anilines is 1. The lowest BCUT2D eigenvalue weighted by Crippen LogP contribution is -2.13. The first kappa shape index (κ1) is 25.3. The summed E-state index contributed by atoms with van der Waals surface area (Å²) in [6.07, 6.45) is 1.62. The number of aryl methyl sites for hydroxylation is 1. The number of nitrogens with zero attached hydrogens (tertiary/aromatic N) is 2. The van der Waals surface area contributed by atoms with Crippen LogP contribution >= 0.6 is 27.5 Å². The minimum absolute atomic E-state index is 0.0264. The van der Waals surface area contributed by atoms with Crippen molar-refractivity contribution in [3.8, 4) is 17.5 Å². The maximum Gasteiger partial charge on any atom is 0.266 e. The van der Waals surface area contributed by atoms with Crippen LogP contribution < -0.4 is 10.1 Å². The van der Waals surface area contributed by atoms with Crippen LogP contribution in [0.4, 0.5) is 5.69 Å². The molecule has 1 aromatic heterocycles. The number of amides is 1. The molecule has 0 aliphatic carbocycles. The average Bonchev–Trinajstić information content (AvgIpc) is 3.14. The molecule has 7 heteroatoms. The molecule has 0 unspecified atom stereocenters. The van der Waals surface area contributed by atoms with Crippen LogP contribution in [-0.2, 0) is 11.4 Å². The molecule has 0 fully saturated rings. The first-order valence-corrected chi connectivity index (χ1v) is 12.4. The van der Waals surface area contributed by atoms with E-state index in [1.165, 1.54) is 0 Å². The number of benzene rings is 3. The number of carbonyl (C=O) groups is 1. The van der Waals surface area contributed by atoms with E-state index >= 15 is 0 Å².